The molecule has 0 bridgehead atoms. The lowest BCUT2D eigenvalue weighted by Crippen LogP contribution is -2.54. The van der Waals surface area contributed by atoms with E-state index in [2.05, 4.69) is 33.7 Å². The van der Waals surface area contributed by atoms with Gasteiger partial charge in [-0.3, -0.25) is 9.59 Å². The van der Waals surface area contributed by atoms with E-state index in [1.54, 1.807) is 4.90 Å². The Labute approximate surface area is 228 Å². The Hall–Kier alpha value is -3.50. The quantitative estimate of drug-likeness (QED) is 0.558. The van der Waals surface area contributed by atoms with E-state index in [1.165, 1.54) is 6.08 Å². The lowest BCUT2D eigenvalue weighted by molar-refractivity contribution is -0.126. The minimum absolute atomic E-state index is 0.0831. The van der Waals surface area contributed by atoms with Crippen molar-refractivity contribution < 1.29 is 19.4 Å². The van der Waals surface area contributed by atoms with Crippen LogP contribution in [0, 0.1) is 5.41 Å². The molecule has 2 unspecified atom stereocenters. The summed E-state index contributed by atoms with van der Waals surface area (Å²) in [6.45, 7) is 7.35. The van der Waals surface area contributed by atoms with Crippen LogP contribution in [-0.4, -0.2) is 95.2 Å². The molecular formula is C29H36N6O4. The van der Waals surface area contributed by atoms with Crippen LogP contribution in [0.5, 0.6) is 6.01 Å². The van der Waals surface area contributed by atoms with Gasteiger partial charge in [-0.25, -0.2) is 0 Å². The standard InChI is InChI=1S/C29H36N6O4/c1-3-23(36)34-13-15-35(16-14-34)26-21-10-11-29(17-19-7-4-5-9-22(19)30-27(29)38)25(37)24(21)31-28(32-26)39-18-20-8-6-12-33(20)2/h3-5,7,9,20,27,30,38H,1,6,8,10-18H2,2H3/t20-,27?,29?/m0/s1. The van der Waals surface area contributed by atoms with E-state index >= 15 is 0 Å². The molecule has 2 saturated heterocycles. The van der Waals surface area contributed by atoms with Gasteiger partial charge < -0.3 is 29.9 Å². The number of amides is 1. The van der Waals surface area contributed by atoms with Gasteiger partial charge in [0.05, 0.1) is 5.41 Å². The summed E-state index contributed by atoms with van der Waals surface area (Å²) in [5.41, 5.74) is 1.99. The third-order valence-corrected chi connectivity index (χ3v) is 8.93. The first-order valence-electron chi connectivity index (χ1n) is 13.9. The SMILES string of the molecule is C=CC(=O)N1CCN(c2nc(OC[C@@H]3CCCN3C)nc3c2CCC2(Cc4ccccc4NC2O)C3=O)CC1. The van der Waals surface area contributed by atoms with Crippen LogP contribution in [0.3, 0.4) is 0 Å². The van der Waals surface area contributed by atoms with E-state index in [4.69, 9.17) is 9.72 Å². The number of hydrogen-bond donors (Lipinski definition) is 2. The van der Waals surface area contributed by atoms with E-state index < -0.39 is 11.6 Å². The summed E-state index contributed by atoms with van der Waals surface area (Å²) >= 11 is 0. The molecule has 10 nitrogen and oxygen atoms in total. The summed E-state index contributed by atoms with van der Waals surface area (Å²) in [7, 11) is 2.09. The summed E-state index contributed by atoms with van der Waals surface area (Å²) in [5, 5.41) is 14.4. The summed E-state index contributed by atoms with van der Waals surface area (Å²) in [4.78, 5) is 42.1. The minimum Gasteiger partial charge on any atom is -0.462 e. The zero-order chi connectivity index (χ0) is 27.1. The number of piperazine rings is 1. The van der Waals surface area contributed by atoms with Crippen LogP contribution < -0.4 is 15.0 Å². The molecule has 3 atom stereocenters. The molecule has 6 rings (SSSR count). The van der Waals surface area contributed by atoms with Crippen LogP contribution in [0.2, 0.25) is 0 Å². The molecule has 39 heavy (non-hydrogen) atoms. The number of aliphatic hydroxyl groups excluding tert-OH is 1. The molecule has 0 radical (unpaired) electrons. The zero-order valence-corrected chi connectivity index (χ0v) is 22.4. The van der Waals surface area contributed by atoms with Crippen molar-refractivity contribution in [2.75, 3.05) is 56.6 Å². The van der Waals surface area contributed by atoms with Crippen molar-refractivity contribution in [3.8, 4) is 6.01 Å². The second-order valence-corrected chi connectivity index (χ2v) is 11.1. The number of likely N-dealkylation sites (tertiary alicyclic amines) is 1. The van der Waals surface area contributed by atoms with Crippen molar-refractivity contribution >= 4 is 23.2 Å². The zero-order valence-electron chi connectivity index (χ0n) is 22.4. The van der Waals surface area contributed by atoms with Crippen molar-refractivity contribution in [2.24, 2.45) is 5.41 Å². The van der Waals surface area contributed by atoms with E-state index in [-0.39, 0.29) is 23.7 Å². The number of para-hydroxylation sites is 1. The number of nitrogens with zero attached hydrogens (tertiary/aromatic N) is 5. The number of likely N-dealkylation sites (N-methyl/N-ethyl adjacent to an activating group) is 1. The second-order valence-electron chi connectivity index (χ2n) is 11.1. The van der Waals surface area contributed by atoms with Gasteiger partial charge in [-0.15, -0.1) is 0 Å². The molecule has 3 aliphatic heterocycles. The van der Waals surface area contributed by atoms with Crippen molar-refractivity contribution in [2.45, 2.75) is 44.4 Å². The molecule has 4 aliphatic rings. The summed E-state index contributed by atoms with van der Waals surface area (Å²) < 4.78 is 6.14. The second kappa shape index (κ2) is 10.2. The number of aliphatic hydroxyl groups is 1. The lowest BCUT2D eigenvalue weighted by Gasteiger charge is -2.44. The normalized spacial score (nSPS) is 26.7. The Kier molecular flexibility index (Phi) is 6.76. The molecule has 206 valence electrons. The molecule has 2 fully saturated rings. The number of hydrogen-bond acceptors (Lipinski definition) is 9. The van der Waals surface area contributed by atoms with Crippen LogP contribution in [0.4, 0.5) is 11.5 Å². The van der Waals surface area contributed by atoms with E-state index in [1.807, 2.05) is 24.3 Å². The summed E-state index contributed by atoms with van der Waals surface area (Å²) in [5.74, 6) is 0.438. The number of carbonyl (C=O) groups excluding carboxylic acids is 2. The van der Waals surface area contributed by atoms with E-state index in [0.717, 1.165) is 36.2 Å². The molecule has 2 aromatic rings. The molecular weight excluding hydrogens is 496 g/mol. The Bertz CT molecular complexity index is 1290. The van der Waals surface area contributed by atoms with Gasteiger partial charge in [0.15, 0.2) is 5.78 Å². The number of ketones is 1. The van der Waals surface area contributed by atoms with Crippen molar-refractivity contribution in [1.29, 1.82) is 0 Å². The van der Waals surface area contributed by atoms with Crippen LogP contribution in [0.15, 0.2) is 36.9 Å². The fourth-order valence-corrected chi connectivity index (χ4v) is 6.49. The maximum absolute atomic E-state index is 14.3. The predicted molar refractivity (Wildman–Crippen MR) is 147 cm³/mol. The monoisotopic (exact) mass is 532 g/mol. The molecule has 1 aromatic carbocycles. The van der Waals surface area contributed by atoms with Gasteiger partial charge >= 0.3 is 6.01 Å². The minimum atomic E-state index is -1.02. The number of fused-ring (bicyclic) bond motifs is 2. The highest BCUT2D eigenvalue weighted by molar-refractivity contribution is 6.03. The van der Waals surface area contributed by atoms with Crippen LogP contribution in [0.25, 0.3) is 0 Å². The number of benzene rings is 1. The highest BCUT2D eigenvalue weighted by Gasteiger charge is 2.52. The number of nitrogens with one attached hydrogen (secondary N) is 1. The van der Waals surface area contributed by atoms with Gasteiger partial charge in [0.2, 0.25) is 5.91 Å². The third-order valence-electron chi connectivity index (χ3n) is 8.93. The van der Waals surface area contributed by atoms with Crippen LogP contribution >= 0.6 is 0 Å². The van der Waals surface area contributed by atoms with Gasteiger partial charge in [-0.2, -0.15) is 9.97 Å². The van der Waals surface area contributed by atoms with Gasteiger partial charge in [-0.05, 0) is 63.4 Å². The van der Waals surface area contributed by atoms with Gasteiger partial charge in [0.25, 0.3) is 0 Å². The molecule has 1 aromatic heterocycles. The first-order valence-corrected chi connectivity index (χ1v) is 13.9. The number of aromatic nitrogens is 2. The third kappa shape index (κ3) is 4.55. The number of anilines is 2. The van der Waals surface area contributed by atoms with Crippen molar-refractivity contribution in [3.63, 3.8) is 0 Å². The van der Waals surface area contributed by atoms with Gasteiger partial charge in [0, 0.05) is 43.5 Å². The van der Waals surface area contributed by atoms with Crippen LogP contribution in [0.1, 0.15) is 40.9 Å². The number of carbonyl (C=O) groups is 2. The average Bonchev–Trinajstić information content (AvgIpc) is 3.38. The topological polar surface area (TPSA) is 111 Å². The Morgan fingerprint density at radius 3 is 2.77 bits per heavy atom. The highest BCUT2D eigenvalue weighted by atomic mass is 16.5. The van der Waals surface area contributed by atoms with E-state index in [0.29, 0.717) is 63.6 Å². The molecule has 2 N–H and O–H groups in total. The van der Waals surface area contributed by atoms with Gasteiger partial charge in [0.1, 0.15) is 24.3 Å². The Balaban J connectivity index is 1.34. The first kappa shape index (κ1) is 25.8. The number of Topliss-reactive ketones (excluding diaryl/α,β-unsaturated/α-hetero) is 1. The van der Waals surface area contributed by atoms with Crippen molar-refractivity contribution in [1.82, 2.24) is 19.8 Å². The first-order chi connectivity index (χ1) is 18.9. The van der Waals surface area contributed by atoms with Crippen molar-refractivity contribution in [3.05, 3.63) is 53.7 Å². The average molecular weight is 533 g/mol. The van der Waals surface area contributed by atoms with Crippen LogP contribution in [-0.2, 0) is 17.6 Å². The fraction of sp³-hybridized carbons (Fsp3) is 0.517. The predicted octanol–water partition coefficient (Wildman–Crippen LogP) is 1.89. The molecule has 1 aliphatic carbocycles. The largest absolute Gasteiger partial charge is 0.462 e. The summed E-state index contributed by atoms with van der Waals surface area (Å²) in [6, 6.07) is 8.27. The fourth-order valence-electron chi connectivity index (χ4n) is 6.49. The molecule has 0 saturated carbocycles. The smallest absolute Gasteiger partial charge is 0.319 e. The molecule has 4 heterocycles. The maximum atomic E-state index is 14.3. The molecule has 1 spiro atoms. The Morgan fingerprint density at radius 1 is 1.23 bits per heavy atom. The maximum Gasteiger partial charge on any atom is 0.319 e. The number of ether oxygens (including phenoxy) is 1. The number of rotatable bonds is 5. The molecule has 10 heteroatoms. The Morgan fingerprint density at radius 2 is 2.03 bits per heavy atom. The highest BCUT2D eigenvalue weighted by Crippen LogP contribution is 2.46. The lowest BCUT2D eigenvalue weighted by atomic mass is 9.65. The molecule has 1 amide bonds. The van der Waals surface area contributed by atoms with Gasteiger partial charge in [-0.1, -0.05) is 24.8 Å². The van der Waals surface area contributed by atoms with E-state index in [9.17, 15) is 14.7 Å². The summed E-state index contributed by atoms with van der Waals surface area (Å²) in [6.07, 6.45) is 3.99.